The zero-order valence-corrected chi connectivity index (χ0v) is 8.57. The summed E-state index contributed by atoms with van der Waals surface area (Å²) in [6.45, 7) is 0. The van der Waals surface area contributed by atoms with Gasteiger partial charge in [-0.05, 0) is 0 Å². The van der Waals surface area contributed by atoms with E-state index in [0.717, 1.165) is 10.9 Å². The van der Waals surface area contributed by atoms with Crippen molar-refractivity contribution in [3.8, 4) is 4.97 Å². The van der Waals surface area contributed by atoms with Gasteiger partial charge < -0.3 is 0 Å². The number of carbonyl (C=O) groups is 1. The van der Waals surface area contributed by atoms with Crippen molar-refractivity contribution in [3.63, 3.8) is 0 Å². The SMILES string of the molecule is N#C[Se]Cc1ccc(C(N)=O)cc1. The molecule has 0 heterocycles. The summed E-state index contributed by atoms with van der Waals surface area (Å²) in [6, 6.07) is 7.04. The van der Waals surface area contributed by atoms with Crippen molar-refractivity contribution in [1.82, 2.24) is 0 Å². The number of nitriles is 1. The molecule has 3 nitrogen and oxygen atoms in total. The first kappa shape index (κ1) is 9.78. The molecule has 0 saturated carbocycles. The third-order valence-electron chi connectivity index (χ3n) is 1.54. The number of nitrogens with zero attached hydrogens (tertiary/aromatic N) is 1. The van der Waals surface area contributed by atoms with Gasteiger partial charge in [-0.15, -0.1) is 0 Å². The van der Waals surface area contributed by atoms with E-state index in [1.54, 1.807) is 12.1 Å². The maximum atomic E-state index is 10.7. The van der Waals surface area contributed by atoms with Gasteiger partial charge in [0, 0.05) is 0 Å². The first-order valence-corrected chi connectivity index (χ1v) is 5.70. The summed E-state index contributed by atoms with van der Waals surface area (Å²) in [6.07, 6.45) is 0. The fraction of sp³-hybridized carbons (Fsp3) is 0.111. The number of rotatable bonds is 3. The van der Waals surface area contributed by atoms with E-state index < -0.39 is 5.91 Å². The van der Waals surface area contributed by atoms with Crippen LogP contribution >= 0.6 is 0 Å². The normalized spacial score (nSPS) is 9.15. The molecule has 0 aliphatic carbocycles. The molecule has 0 atom stereocenters. The first-order chi connectivity index (χ1) is 6.24. The van der Waals surface area contributed by atoms with Gasteiger partial charge in [-0.1, -0.05) is 0 Å². The molecule has 13 heavy (non-hydrogen) atoms. The Kier molecular flexibility index (Phi) is 3.51. The van der Waals surface area contributed by atoms with Crippen molar-refractivity contribution in [3.05, 3.63) is 35.4 Å². The van der Waals surface area contributed by atoms with Gasteiger partial charge in [0.25, 0.3) is 0 Å². The Morgan fingerprint density at radius 1 is 1.46 bits per heavy atom. The molecule has 2 N–H and O–H groups in total. The standard InChI is InChI=1S/C9H8N2OSe/c10-6-13-5-7-1-3-8(4-2-7)9(11)12/h1-4H,5H2,(H2,11,12). The van der Waals surface area contributed by atoms with Crippen molar-refractivity contribution in [2.24, 2.45) is 5.73 Å². The van der Waals surface area contributed by atoms with Gasteiger partial charge in [-0.2, -0.15) is 0 Å². The number of nitrogens with two attached hydrogens (primary N) is 1. The van der Waals surface area contributed by atoms with E-state index in [0.29, 0.717) is 5.56 Å². The average molecular weight is 239 g/mol. The van der Waals surface area contributed by atoms with Crippen LogP contribution in [-0.4, -0.2) is 20.9 Å². The second kappa shape index (κ2) is 4.66. The average Bonchev–Trinajstić information content (AvgIpc) is 2.15. The third kappa shape index (κ3) is 2.90. The van der Waals surface area contributed by atoms with E-state index >= 15 is 0 Å². The topological polar surface area (TPSA) is 66.9 Å². The summed E-state index contributed by atoms with van der Waals surface area (Å²) in [5.74, 6) is -0.419. The van der Waals surface area contributed by atoms with Crippen LogP contribution in [0.3, 0.4) is 0 Å². The van der Waals surface area contributed by atoms with Crippen molar-refractivity contribution in [2.75, 3.05) is 0 Å². The second-order valence-electron chi connectivity index (χ2n) is 2.44. The Labute approximate surface area is 82.7 Å². The zero-order valence-electron chi connectivity index (χ0n) is 6.86. The quantitative estimate of drug-likeness (QED) is 0.779. The molecule has 4 heteroatoms. The van der Waals surface area contributed by atoms with Gasteiger partial charge in [0.1, 0.15) is 0 Å². The Bertz CT molecular complexity index is 340. The molecule has 0 aliphatic heterocycles. The Hall–Kier alpha value is -1.30. The molecule has 0 saturated heterocycles. The van der Waals surface area contributed by atoms with E-state index in [2.05, 4.69) is 4.97 Å². The number of primary amides is 1. The second-order valence-corrected chi connectivity index (χ2v) is 4.04. The minimum absolute atomic E-state index is 0.00571. The predicted molar refractivity (Wildman–Crippen MR) is 50.0 cm³/mol. The van der Waals surface area contributed by atoms with Crippen LogP contribution in [0.4, 0.5) is 0 Å². The van der Waals surface area contributed by atoms with E-state index in [4.69, 9.17) is 11.0 Å². The molecule has 1 aromatic rings. The molecule has 0 spiro atoms. The molecule has 66 valence electrons. The predicted octanol–water partition coefficient (Wildman–Crippen LogP) is 0.471. The fourth-order valence-electron chi connectivity index (χ4n) is 0.881. The number of hydrogen-bond donors (Lipinski definition) is 1. The van der Waals surface area contributed by atoms with Crippen LogP contribution in [0.2, 0.25) is 0 Å². The van der Waals surface area contributed by atoms with Crippen LogP contribution in [0.25, 0.3) is 0 Å². The van der Waals surface area contributed by atoms with Crippen molar-refractivity contribution < 1.29 is 4.79 Å². The Balaban J connectivity index is 2.71. The van der Waals surface area contributed by atoms with Crippen molar-refractivity contribution in [2.45, 2.75) is 5.32 Å². The molecule has 0 aliphatic rings. The van der Waals surface area contributed by atoms with E-state index in [1.807, 2.05) is 12.1 Å². The van der Waals surface area contributed by atoms with E-state index in [-0.39, 0.29) is 15.0 Å². The molecule has 1 rings (SSSR count). The molecule has 0 fully saturated rings. The number of benzene rings is 1. The summed E-state index contributed by atoms with van der Waals surface area (Å²) in [4.78, 5) is 12.8. The van der Waals surface area contributed by atoms with Crippen LogP contribution in [0.5, 0.6) is 0 Å². The molecule has 0 unspecified atom stereocenters. The molecule has 1 amide bonds. The van der Waals surface area contributed by atoms with Crippen molar-refractivity contribution in [1.29, 1.82) is 5.26 Å². The zero-order chi connectivity index (χ0) is 9.68. The Morgan fingerprint density at radius 2 is 2.08 bits per heavy atom. The van der Waals surface area contributed by atoms with Gasteiger partial charge in [-0.25, -0.2) is 0 Å². The summed E-state index contributed by atoms with van der Waals surface area (Å²) < 4.78 is 0. The maximum absolute atomic E-state index is 10.7. The van der Waals surface area contributed by atoms with Crippen LogP contribution in [0, 0.1) is 10.2 Å². The molecule has 0 radical (unpaired) electrons. The van der Waals surface area contributed by atoms with Gasteiger partial charge in [0.15, 0.2) is 0 Å². The minimum atomic E-state index is -0.419. The van der Waals surface area contributed by atoms with Crippen LogP contribution < -0.4 is 5.73 Å². The van der Waals surface area contributed by atoms with Crippen LogP contribution in [0.1, 0.15) is 15.9 Å². The van der Waals surface area contributed by atoms with E-state index in [1.165, 1.54) is 0 Å². The summed E-state index contributed by atoms with van der Waals surface area (Å²) >= 11 is -0.00571. The number of hydrogen-bond acceptors (Lipinski definition) is 2. The van der Waals surface area contributed by atoms with Crippen molar-refractivity contribution >= 4 is 20.9 Å². The van der Waals surface area contributed by atoms with Gasteiger partial charge in [-0.3, -0.25) is 0 Å². The monoisotopic (exact) mass is 240 g/mol. The van der Waals surface area contributed by atoms with Crippen LogP contribution in [-0.2, 0) is 5.32 Å². The third-order valence-corrected chi connectivity index (χ3v) is 2.81. The summed E-state index contributed by atoms with van der Waals surface area (Å²) in [7, 11) is 0. The number of carbonyl (C=O) groups excluding carboxylic acids is 1. The van der Waals surface area contributed by atoms with Gasteiger partial charge >= 0.3 is 82.3 Å². The van der Waals surface area contributed by atoms with Gasteiger partial charge in [0.2, 0.25) is 0 Å². The van der Waals surface area contributed by atoms with Gasteiger partial charge in [0.05, 0.1) is 0 Å². The first-order valence-electron chi connectivity index (χ1n) is 3.63. The molecule has 1 aromatic carbocycles. The Morgan fingerprint density at radius 3 is 2.54 bits per heavy atom. The summed E-state index contributed by atoms with van der Waals surface area (Å²) in [5.41, 5.74) is 6.66. The molecular formula is C9H8N2OSe. The molecular weight excluding hydrogens is 231 g/mol. The molecule has 0 aromatic heterocycles. The molecule has 0 bridgehead atoms. The fourth-order valence-corrected chi connectivity index (χ4v) is 1.77. The van der Waals surface area contributed by atoms with E-state index in [9.17, 15) is 4.79 Å². The number of amides is 1. The van der Waals surface area contributed by atoms with Crippen LogP contribution in [0.15, 0.2) is 24.3 Å². The summed E-state index contributed by atoms with van der Waals surface area (Å²) in [5, 5.41) is 9.15.